The third-order valence-corrected chi connectivity index (χ3v) is 2.89. The molecule has 0 aliphatic heterocycles. The average Bonchev–Trinajstić information content (AvgIpc) is 2.72. The van der Waals surface area contributed by atoms with Crippen LogP contribution in [0.15, 0.2) is 38.1 Å². The zero-order chi connectivity index (χ0) is 12.7. The van der Waals surface area contributed by atoms with Gasteiger partial charge in [0.1, 0.15) is 16.7 Å². The van der Waals surface area contributed by atoms with Gasteiger partial charge in [0.05, 0.1) is 18.3 Å². The standard InChI is InChI=1S/C14H12O4/c1-3-16-9-4-5-10-11(6-9)18-14(15)12-8(2)7-17-13(10)12/h4-7H,3H2,1-2H3. The van der Waals surface area contributed by atoms with Gasteiger partial charge in [-0.1, -0.05) is 0 Å². The van der Waals surface area contributed by atoms with Crippen molar-refractivity contribution in [3.8, 4) is 5.75 Å². The minimum absolute atomic E-state index is 0.377. The molecule has 0 spiro atoms. The van der Waals surface area contributed by atoms with Crippen LogP contribution < -0.4 is 10.4 Å². The van der Waals surface area contributed by atoms with Gasteiger partial charge in [0.25, 0.3) is 0 Å². The highest BCUT2D eigenvalue weighted by molar-refractivity contribution is 6.02. The Morgan fingerprint density at radius 3 is 2.94 bits per heavy atom. The molecular weight excluding hydrogens is 232 g/mol. The summed E-state index contributed by atoms with van der Waals surface area (Å²) in [5.41, 5.74) is 1.46. The molecule has 0 radical (unpaired) electrons. The van der Waals surface area contributed by atoms with Gasteiger partial charge in [0.15, 0.2) is 5.58 Å². The number of hydrogen-bond acceptors (Lipinski definition) is 4. The first kappa shape index (κ1) is 10.9. The highest BCUT2D eigenvalue weighted by Crippen LogP contribution is 2.28. The van der Waals surface area contributed by atoms with E-state index >= 15 is 0 Å². The summed E-state index contributed by atoms with van der Waals surface area (Å²) in [6.07, 6.45) is 1.57. The van der Waals surface area contributed by atoms with Crippen molar-refractivity contribution in [2.24, 2.45) is 0 Å². The van der Waals surface area contributed by atoms with Gasteiger partial charge in [-0.3, -0.25) is 0 Å². The third-order valence-electron chi connectivity index (χ3n) is 2.89. The second-order valence-corrected chi connectivity index (χ2v) is 4.10. The first-order valence-electron chi connectivity index (χ1n) is 5.78. The quantitative estimate of drug-likeness (QED) is 0.649. The van der Waals surface area contributed by atoms with Crippen LogP contribution in [0.3, 0.4) is 0 Å². The molecule has 0 aliphatic carbocycles. The highest BCUT2D eigenvalue weighted by atomic mass is 16.5. The first-order valence-corrected chi connectivity index (χ1v) is 5.78. The van der Waals surface area contributed by atoms with E-state index in [-0.39, 0.29) is 5.63 Å². The van der Waals surface area contributed by atoms with Gasteiger partial charge >= 0.3 is 5.63 Å². The molecule has 3 aromatic rings. The van der Waals surface area contributed by atoms with Crippen LogP contribution in [0.4, 0.5) is 0 Å². The van der Waals surface area contributed by atoms with Crippen molar-refractivity contribution in [1.82, 2.24) is 0 Å². The molecule has 4 heteroatoms. The van der Waals surface area contributed by atoms with Crippen LogP contribution in [0, 0.1) is 6.92 Å². The summed E-state index contributed by atoms with van der Waals surface area (Å²) in [6, 6.07) is 5.38. The van der Waals surface area contributed by atoms with E-state index in [9.17, 15) is 4.79 Å². The number of aryl methyl sites for hydroxylation is 1. The Labute approximate surface area is 103 Å². The van der Waals surface area contributed by atoms with Crippen molar-refractivity contribution in [3.63, 3.8) is 0 Å². The lowest BCUT2D eigenvalue weighted by atomic mass is 10.1. The molecule has 4 nitrogen and oxygen atoms in total. The molecule has 0 aliphatic rings. The summed E-state index contributed by atoms with van der Waals surface area (Å²) < 4.78 is 16.1. The van der Waals surface area contributed by atoms with Crippen LogP contribution in [0.2, 0.25) is 0 Å². The molecule has 0 bridgehead atoms. The summed E-state index contributed by atoms with van der Waals surface area (Å²) in [5, 5.41) is 1.29. The fraction of sp³-hybridized carbons (Fsp3) is 0.214. The molecule has 0 atom stereocenters. The van der Waals surface area contributed by atoms with E-state index in [1.54, 1.807) is 12.3 Å². The van der Waals surface area contributed by atoms with Gasteiger partial charge in [-0.05, 0) is 26.0 Å². The molecule has 1 aromatic carbocycles. The van der Waals surface area contributed by atoms with Crippen LogP contribution >= 0.6 is 0 Å². The first-order chi connectivity index (χ1) is 8.70. The molecule has 18 heavy (non-hydrogen) atoms. The number of benzene rings is 1. The summed E-state index contributed by atoms with van der Waals surface area (Å²) in [5.74, 6) is 0.677. The normalized spacial score (nSPS) is 11.2. The lowest BCUT2D eigenvalue weighted by Crippen LogP contribution is -1.99. The number of rotatable bonds is 2. The van der Waals surface area contributed by atoms with Gasteiger partial charge in [-0.25, -0.2) is 4.79 Å². The predicted octanol–water partition coefficient (Wildman–Crippen LogP) is 3.25. The SMILES string of the molecule is CCOc1ccc2c(c1)oc(=O)c1c(C)coc12. The van der Waals surface area contributed by atoms with Crippen molar-refractivity contribution in [3.05, 3.63) is 40.4 Å². The largest absolute Gasteiger partial charge is 0.494 e. The second-order valence-electron chi connectivity index (χ2n) is 4.10. The van der Waals surface area contributed by atoms with E-state index in [0.29, 0.717) is 28.9 Å². The van der Waals surface area contributed by atoms with Crippen molar-refractivity contribution in [2.45, 2.75) is 13.8 Å². The molecule has 92 valence electrons. The Hall–Kier alpha value is -2.23. The predicted molar refractivity (Wildman–Crippen MR) is 68.2 cm³/mol. The Balaban J connectivity index is 2.39. The van der Waals surface area contributed by atoms with Gasteiger partial charge in [-0.2, -0.15) is 0 Å². The molecule has 0 saturated carbocycles. The molecule has 2 heterocycles. The fourth-order valence-electron chi connectivity index (χ4n) is 2.08. The van der Waals surface area contributed by atoms with Crippen LogP contribution in [0.1, 0.15) is 12.5 Å². The number of fused-ring (bicyclic) bond motifs is 3. The maximum absolute atomic E-state index is 11.9. The lowest BCUT2D eigenvalue weighted by Gasteiger charge is -2.03. The van der Waals surface area contributed by atoms with Crippen LogP contribution in [0.5, 0.6) is 5.75 Å². The Kier molecular flexibility index (Phi) is 2.37. The minimum Gasteiger partial charge on any atom is -0.494 e. The van der Waals surface area contributed by atoms with E-state index < -0.39 is 0 Å². The van der Waals surface area contributed by atoms with Gasteiger partial charge in [0, 0.05) is 11.6 Å². The molecule has 0 unspecified atom stereocenters. The van der Waals surface area contributed by atoms with Crippen LogP contribution in [0.25, 0.3) is 21.9 Å². The minimum atomic E-state index is -0.377. The van der Waals surface area contributed by atoms with E-state index in [1.807, 2.05) is 26.0 Å². The van der Waals surface area contributed by atoms with E-state index in [4.69, 9.17) is 13.6 Å². The summed E-state index contributed by atoms with van der Waals surface area (Å²) in [6.45, 7) is 4.29. The fourth-order valence-corrected chi connectivity index (χ4v) is 2.08. The second kappa shape index (κ2) is 3.91. The van der Waals surface area contributed by atoms with E-state index in [1.165, 1.54) is 0 Å². The molecule has 0 saturated heterocycles. The summed E-state index contributed by atoms with van der Waals surface area (Å²) >= 11 is 0. The summed E-state index contributed by atoms with van der Waals surface area (Å²) in [4.78, 5) is 11.9. The van der Waals surface area contributed by atoms with Gasteiger partial charge in [0.2, 0.25) is 0 Å². The number of hydrogen-bond donors (Lipinski definition) is 0. The molecule has 3 rings (SSSR count). The van der Waals surface area contributed by atoms with E-state index in [0.717, 1.165) is 10.9 Å². The molecule has 0 N–H and O–H groups in total. The Morgan fingerprint density at radius 2 is 2.17 bits per heavy atom. The van der Waals surface area contributed by atoms with Gasteiger partial charge in [-0.15, -0.1) is 0 Å². The lowest BCUT2D eigenvalue weighted by molar-refractivity contribution is 0.340. The topological polar surface area (TPSA) is 52.6 Å². The number of ether oxygens (including phenoxy) is 1. The zero-order valence-electron chi connectivity index (χ0n) is 10.1. The van der Waals surface area contributed by atoms with Crippen molar-refractivity contribution in [1.29, 1.82) is 0 Å². The van der Waals surface area contributed by atoms with Gasteiger partial charge < -0.3 is 13.6 Å². The molecule has 2 aromatic heterocycles. The molecule has 0 amide bonds. The van der Waals surface area contributed by atoms with Crippen LogP contribution in [-0.2, 0) is 0 Å². The smallest absolute Gasteiger partial charge is 0.347 e. The maximum atomic E-state index is 11.9. The third kappa shape index (κ3) is 1.49. The van der Waals surface area contributed by atoms with Crippen molar-refractivity contribution < 1.29 is 13.6 Å². The van der Waals surface area contributed by atoms with Crippen molar-refractivity contribution >= 4 is 21.9 Å². The zero-order valence-corrected chi connectivity index (χ0v) is 10.1. The number of furan rings is 1. The van der Waals surface area contributed by atoms with E-state index in [2.05, 4.69) is 0 Å². The summed E-state index contributed by atoms with van der Waals surface area (Å²) in [7, 11) is 0. The molecular formula is C14H12O4. The van der Waals surface area contributed by atoms with Crippen LogP contribution in [-0.4, -0.2) is 6.61 Å². The maximum Gasteiger partial charge on any atom is 0.347 e. The molecule has 0 fully saturated rings. The Morgan fingerprint density at radius 1 is 1.33 bits per heavy atom. The Bertz CT molecular complexity index is 779. The monoisotopic (exact) mass is 244 g/mol. The highest BCUT2D eigenvalue weighted by Gasteiger charge is 2.13. The van der Waals surface area contributed by atoms with Crippen molar-refractivity contribution in [2.75, 3.05) is 6.61 Å². The average molecular weight is 244 g/mol.